The lowest BCUT2D eigenvalue weighted by molar-refractivity contribution is -0.113. The molecular weight excluding hydrogens is 418 g/mol. The van der Waals surface area contributed by atoms with Crippen LogP contribution in [0.4, 0.5) is 11.4 Å². The molecule has 0 amide bonds. The number of hydrogen-bond donors (Lipinski definition) is 0. The van der Waals surface area contributed by atoms with Crippen molar-refractivity contribution in [2.45, 2.75) is 6.54 Å². The number of ketones is 1. The molecule has 4 heteroatoms. The van der Waals surface area contributed by atoms with Crippen LogP contribution in [0.25, 0.3) is 12.2 Å². The van der Waals surface area contributed by atoms with Gasteiger partial charge in [0.05, 0.1) is 0 Å². The maximum Gasteiger partial charge on any atom is 0.187 e. The second kappa shape index (κ2) is 10.5. The molecule has 0 radical (unpaired) electrons. The van der Waals surface area contributed by atoms with Crippen molar-refractivity contribution < 1.29 is 4.79 Å². The van der Waals surface area contributed by atoms with E-state index in [0.717, 1.165) is 40.2 Å². The van der Waals surface area contributed by atoms with Crippen LogP contribution in [0, 0.1) is 0 Å². The topological polar surface area (TPSA) is 26.8 Å². The number of likely N-dealkylation sites (tertiary alicyclic amines) is 1. The van der Waals surface area contributed by atoms with Crippen LogP contribution in [0.15, 0.2) is 90.0 Å². The molecule has 0 bridgehead atoms. The molecule has 0 aliphatic carbocycles. The van der Waals surface area contributed by atoms with Gasteiger partial charge in [0.15, 0.2) is 5.78 Å². The van der Waals surface area contributed by atoms with Crippen LogP contribution in [0.2, 0.25) is 0 Å². The van der Waals surface area contributed by atoms with E-state index in [1.165, 1.54) is 5.56 Å². The fourth-order valence-corrected chi connectivity index (χ4v) is 4.20. The summed E-state index contributed by atoms with van der Waals surface area (Å²) in [6.45, 7) is 2.09. The maximum atomic E-state index is 13.5. The van der Waals surface area contributed by atoms with Crippen LogP contribution < -0.4 is 9.80 Å². The van der Waals surface area contributed by atoms with Crippen molar-refractivity contribution in [1.29, 1.82) is 0 Å². The Labute approximate surface area is 203 Å². The van der Waals surface area contributed by atoms with Gasteiger partial charge in [-0.3, -0.25) is 9.69 Å². The van der Waals surface area contributed by atoms with Crippen LogP contribution in [0.5, 0.6) is 0 Å². The van der Waals surface area contributed by atoms with Crippen molar-refractivity contribution in [2.75, 3.05) is 51.1 Å². The molecule has 0 aromatic heterocycles. The zero-order valence-corrected chi connectivity index (χ0v) is 20.5. The van der Waals surface area contributed by atoms with Crippen molar-refractivity contribution in [3.8, 4) is 0 Å². The third kappa shape index (κ3) is 5.83. The Kier molecular flexibility index (Phi) is 7.29. The monoisotopic (exact) mass is 451 g/mol. The van der Waals surface area contributed by atoms with Gasteiger partial charge in [0.2, 0.25) is 0 Å². The highest BCUT2D eigenvalue weighted by Crippen LogP contribution is 2.25. The number of benzene rings is 3. The summed E-state index contributed by atoms with van der Waals surface area (Å²) in [5, 5.41) is 0. The number of anilines is 2. The molecule has 3 aromatic carbocycles. The lowest BCUT2D eigenvalue weighted by Gasteiger charge is -2.30. The van der Waals surface area contributed by atoms with E-state index in [9.17, 15) is 4.79 Å². The zero-order valence-electron chi connectivity index (χ0n) is 20.5. The Morgan fingerprint density at radius 1 is 0.676 bits per heavy atom. The van der Waals surface area contributed by atoms with Gasteiger partial charge in [-0.25, -0.2) is 0 Å². The Morgan fingerprint density at radius 2 is 1.12 bits per heavy atom. The van der Waals surface area contributed by atoms with E-state index in [2.05, 4.69) is 87.5 Å². The van der Waals surface area contributed by atoms with Gasteiger partial charge >= 0.3 is 0 Å². The van der Waals surface area contributed by atoms with Crippen molar-refractivity contribution in [2.24, 2.45) is 0 Å². The summed E-state index contributed by atoms with van der Waals surface area (Å²) < 4.78 is 0. The lowest BCUT2D eigenvalue weighted by atomic mass is 9.93. The molecule has 4 nitrogen and oxygen atoms in total. The smallest absolute Gasteiger partial charge is 0.187 e. The summed E-state index contributed by atoms with van der Waals surface area (Å²) in [6.07, 6.45) is 4.09. The number of rotatable bonds is 6. The lowest BCUT2D eigenvalue weighted by Crippen LogP contribution is -2.37. The van der Waals surface area contributed by atoms with E-state index >= 15 is 0 Å². The summed E-state index contributed by atoms with van der Waals surface area (Å²) >= 11 is 0. The highest BCUT2D eigenvalue weighted by Gasteiger charge is 2.26. The molecule has 1 fully saturated rings. The van der Waals surface area contributed by atoms with Gasteiger partial charge in [0.1, 0.15) is 0 Å². The highest BCUT2D eigenvalue weighted by atomic mass is 16.1. The fourth-order valence-electron chi connectivity index (χ4n) is 4.20. The number of carbonyl (C=O) groups excluding carboxylic acids is 1. The Bertz CT molecular complexity index is 1100. The molecule has 0 spiro atoms. The minimum Gasteiger partial charge on any atom is -0.378 e. The van der Waals surface area contributed by atoms with E-state index in [-0.39, 0.29) is 5.78 Å². The molecule has 34 heavy (non-hydrogen) atoms. The zero-order chi connectivity index (χ0) is 24.1. The van der Waals surface area contributed by atoms with Gasteiger partial charge in [-0.1, -0.05) is 54.6 Å². The molecule has 0 N–H and O–H groups in total. The SMILES string of the molecule is CN(C)c1ccc(/C=C2/CN(Cc3ccccc3)C/C(=C/c3ccc(N(C)C)cc3)C2=O)cc1. The van der Waals surface area contributed by atoms with Gasteiger partial charge in [0.25, 0.3) is 0 Å². The number of hydrogen-bond acceptors (Lipinski definition) is 4. The van der Waals surface area contributed by atoms with Crippen molar-refractivity contribution in [3.05, 3.63) is 107 Å². The number of piperidine rings is 1. The first-order chi connectivity index (χ1) is 16.4. The number of nitrogens with zero attached hydrogens (tertiary/aromatic N) is 3. The normalized spacial score (nSPS) is 16.8. The van der Waals surface area contributed by atoms with Crippen LogP contribution >= 0.6 is 0 Å². The average Bonchev–Trinajstić information content (AvgIpc) is 2.83. The molecule has 3 aromatic rings. The standard InChI is InChI=1S/C30H33N3O/c1-31(2)28-14-10-23(11-15-28)18-26-21-33(20-25-8-6-5-7-9-25)22-27(30(26)34)19-24-12-16-29(17-13-24)32(3)4/h5-19H,20-22H2,1-4H3/b26-18-,27-19-. The molecular formula is C30H33N3O. The summed E-state index contributed by atoms with van der Waals surface area (Å²) in [5.41, 5.74) is 7.29. The van der Waals surface area contributed by atoms with Crippen LogP contribution in [-0.2, 0) is 11.3 Å². The number of carbonyl (C=O) groups is 1. The Balaban J connectivity index is 1.65. The van der Waals surface area contributed by atoms with E-state index in [0.29, 0.717) is 13.1 Å². The van der Waals surface area contributed by atoms with Gasteiger partial charge < -0.3 is 9.80 Å². The number of Topliss-reactive ketones (excluding diaryl/α,β-unsaturated/α-hetero) is 1. The molecule has 4 rings (SSSR count). The molecule has 0 saturated carbocycles. The second-order valence-corrected chi connectivity index (χ2v) is 9.27. The van der Waals surface area contributed by atoms with Crippen LogP contribution in [0.3, 0.4) is 0 Å². The largest absolute Gasteiger partial charge is 0.378 e. The predicted molar refractivity (Wildman–Crippen MR) is 144 cm³/mol. The fraction of sp³-hybridized carbons (Fsp3) is 0.233. The third-order valence-electron chi connectivity index (χ3n) is 6.12. The third-order valence-corrected chi connectivity index (χ3v) is 6.12. The van der Waals surface area contributed by atoms with Crippen molar-refractivity contribution >= 4 is 29.3 Å². The molecule has 1 heterocycles. The molecule has 1 aliphatic rings. The molecule has 0 unspecified atom stereocenters. The van der Waals surface area contributed by atoms with Crippen LogP contribution in [0.1, 0.15) is 16.7 Å². The minimum atomic E-state index is 0.137. The first-order valence-electron chi connectivity index (χ1n) is 11.7. The van der Waals surface area contributed by atoms with E-state index in [1.54, 1.807) is 0 Å². The molecule has 1 aliphatic heterocycles. The van der Waals surface area contributed by atoms with Gasteiger partial charge in [-0.15, -0.1) is 0 Å². The molecule has 1 saturated heterocycles. The van der Waals surface area contributed by atoms with Crippen LogP contribution in [-0.4, -0.2) is 52.0 Å². The first kappa shape index (κ1) is 23.5. The van der Waals surface area contributed by atoms with Gasteiger partial charge in [0, 0.05) is 70.3 Å². The highest BCUT2D eigenvalue weighted by molar-refractivity contribution is 6.14. The second-order valence-electron chi connectivity index (χ2n) is 9.27. The van der Waals surface area contributed by atoms with E-state index < -0.39 is 0 Å². The Morgan fingerprint density at radius 3 is 1.53 bits per heavy atom. The minimum absolute atomic E-state index is 0.137. The molecule has 0 atom stereocenters. The van der Waals surface area contributed by atoms with E-state index in [4.69, 9.17) is 0 Å². The summed E-state index contributed by atoms with van der Waals surface area (Å²) in [4.78, 5) is 20.0. The van der Waals surface area contributed by atoms with Gasteiger partial charge in [-0.05, 0) is 53.1 Å². The van der Waals surface area contributed by atoms with E-state index in [1.807, 2.05) is 46.4 Å². The predicted octanol–water partition coefficient (Wildman–Crippen LogP) is 5.37. The van der Waals surface area contributed by atoms with Gasteiger partial charge in [-0.2, -0.15) is 0 Å². The molecule has 174 valence electrons. The summed E-state index contributed by atoms with van der Waals surface area (Å²) in [7, 11) is 8.12. The van der Waals surface area contributed by atoms with Crippen molar-refractivity contribution in [1.82, 2.24) is 4.90 Å². The maximum absolute atomic E-state index is 13.5. The summed E-state index contributed by atoms with van der Waals surface area (Å²) in [5.74, 6) is 0.137. The summed E-state index contributed by atoms with van der Waals surface area (Å²) in [6, 6.07) is 27.1. The Hall–Kier alpha value is -3.63. The first-order valence-corrected chi connectivity index (χ1v) is 11.7. The average molecular weight is 452 g/mol. The quantitative estimate of drug-likeness (QED) is 0.471. The van der Waals surface area contributed by atoms with Crippen molar-refractivity contribution in [3.63, 3.8) is 0 Å².